The van der Waals surface area contributed by atoms with Crippen LogP contribution in [0.4, 0.5) is 0 Å². The third kappa shape index (κ3) is 5.04. The predicted octanol–water partition coefficient (Wildman–Crippen LogP) is 3.62. The highest BCUT2D eigenvalue weighted by atomic mass is 32.2. The minimum Gasteiger partial charge on any atom is -0.310 e. The zero-order chi connectivity index (χ0) is 11.8. The maximum absolute atomic E-state index is 3.59. The summed E-state index contributed by atoms with van der Waals surface area (Å²) in [5.41, 5.74) is 2.79. The standard InChI is InChI=1S/C14H23NS/c1-4-16-10-9-13(3)15-11-14-8-6-5-7-12(14)2/h5-8,13,15H,4,9-11H2,1-3H3. The van der Waals surface area contributed by atoms with Crippen molar-refractivity contribution >= 4 is 11.8 Å². The van der Waals surface area contributed by atoms with Crippen molar-refractivity contribution in [2.45, 2.75) is 39.8 Å². The summed E-state index contributed by atoms with van der Waals surface area (Å²) >= 11 is 2.02. The Balaban J connectivity index is 2.26. The molecule has 0 radical (unpaired) electrons. The molecule has 0 aliphatic rings. The van der Waals surface area contributed by atoms with Crippen molar-refractivity contribution < 1.29 is 0 Å². The molecule has 1 aromatic rings. The van der Waals surface area contributed by atoms with E-state index < -0.39 is 0 Å². The van der Waals surface area contributed by atoms with E-state index in [-0.39, 0.29) is 0 Å². The third-order valence-corrected chi connectivity index (χ3v) is 3.73. The lowest BCUT2D eigenvalue weighted by molar-refractivity contribution is 0.536. The van der Waals surface area contributed by atoms with Gasteiger partial charge in [0.15, 0.2) is 0 Å². The quantitative estimate of drug-likeness (QED) is 0.727. The fourth-order valence-electron chi connectivity index (χ4n) is 1.60. The molecule has 0 spiro atoms. The van der Waals surface area contributed by atoms with E-state index in [1.807, 2.05) is 11.8 Å². The molecule has 1 unspecified atom stereocenters. The number of rotatable bonds is 7. The molecule has 2 heteroatoms. The average Bonchev–Trinajstić information content (AvgIpc) is 2.28. The predicted molar refractivity (Wildman–Crippen MR) is 75.1 cm³/mol. The second-order valence-electron chi connectivity index (χ2n) is 4.19. The molecular formula is C14H23NS. The minimum absolute atomic E-state index is 0.610. The molecule has 0 fully saturated rings. The first-order valence-electron chi connectivity index (χ1n) is 6.09. The zero-order valence-corrected chi connectivity index (χ0v) is 11.4. The van der Waals surface area contributed by atoms with Crippen LogP contribution in [0.15, 0.2) is 24.3 Å². The first kappa shape index (κ1) is 13.6. The minimum atomic E-state index is 0.610. The van der Waals surface area contributed by atoms with Crippen LogP contribution >= 0.6 is 11.8 Å². The van der Waals surface area contributed by atoms with Gasteiger partial charge in [0, 0.05) is 12.6 Å². The van der Waals surface area contributed by atoms with Crippen LogP contribution in [0.5, 0.6) is 0 Å². The Bertz CT molecular complexity index is 299. The van der Waals surface area contributed by atoms with Gasteiger partial charge in [-0.2, -0.15) is 11.8 Å². The van der Waals surface area contributed by atoms with Gasteiger partial charge in [0.05, 0.1) is 0 Å². The van der Waals surface area contributed by atoms with E-state index in [0.717, 1.165) is 6.54 Å². The molecule has 0 saturated carbocycles. The molecule has 1 atom stereocenters. The molecule has 1 rings (SSSR count). The molecule has 90 valence electrons. The second-order valence-corrected chi connectivity index (χ2v) is 5.59. The van der Waals surface area contributed by atoms with Crippen molar-refractivity contribution in [3.05, 3.63) is 35.4 Å². The normalized spacial score (nSPS) is 12.7. The molecule has 1 aromatic carbocycles. The molecule has 0 heterocycles. The van der Waals surface area contributed by atoms with Crippen LogP contribution in [0.3, 0.4) is 0 Å². The highest BCUT2D eigenvalue weighted by Crippen LogP contribution is 2.08. The van der Waals surface area contributed by atoms with Gasteiger partial charge in [-0.15, -0.1) is 0 Å². The van der Waals surface area contributed by atoms with Gasteiger partial charge in [-0.3, -0.25) is 0 Å². The van der Waals surface area contributed by atoms with E-state index in [0.29, 0.717) is 6.04 Å². The SMILES string of the molecule is CCSCCC(C)NCc1ccccc1C. The van der Waals surface area contributed by atoms with Gasteiger partial charge in [0.2, 0.25) is 0 Å². The van der Waals surface area contributed by atoms with Gasteiger partial charge in [0.1, 0.15) is 0 Å². The molecule has 0 amide bonds. The first-order valence-corrected chi connectivity index (χ1v) is 7.25. The highest BCUT2D eigenvalue weighted by Gasteiger charge is 2.02. The topological polar surface area (TPSA) is 12.0 Å². The summed E-state index contributed by atoms with van der Waals surface area (Å²) in [4.78, 5) is 0. The van der Waals surface area contributed by atoms with E-state index in [2.05, 4.69) is 50.4 Å². The van der Waals surface area contributed by atoms with Crippen LogP contribution in [0.2, 0.25) is 0 Å². The largest absolute Gasteiger partial charge is 0.310 e. The molecule has 1 N–H and O–H groups in total. The molecule has 0 aliphatic heterocycles. The maximum Gasteiger partial charge on any atom is 0.0210 e. The Hall–Kier alpha value is -0.470. The van der Waals surface area contributed by atoms with E-state index in [4.69, 9.17) is 0 Å². The number of thioether (sulfide) groups is 1. The van der Waals surface area contributed by atoms with Crippen LogP contribution in [-0.2, 0) is 6.54 Å². The van der Waals surface area contributed by atoms with E-state index in [1.165, 1.54) is 29.1 Å². The van der Waals surface area contributed by atoms with Gasteiger partial charge in [0.25, 0.3) is 0 Å². The Labute approximate surface area is 104 Å². The zero-order valence-electron chi connectivity index (χ0n) is 10.6. The Morgan fingerprint density at radius 1 is 1.31 bits per heavy atom. The van der Waals surface area contributed by atoms with Crippen molar-refractivity contribution in [3.8, 4) is 0 Å². The number of nitrogens with one attached hydrogen (secondary N) is 1. The maximum atomic E-state index is 3.59. The Morgan fingerprint density at radius 3 is 2.75 bits per heavy atom. The molecule has 16 heavy (non-hydrogen) atoms. The fourth-order valence-corrected chi connectivity index (χ4v) is 2.41. The van der Waals surface area contributed by atoms with Crippen molar-refractivity contribution in [1.82, 2.24) is 5.32 Å². The van der Waals surface area contributed by atoms with E-state index >= 15 is 0 Å². The second kappa shape index (κ2) is 7.75. The van der Waals surface area contributed by atoms with Gasteiger partial charge >= 0.3 is 0 Å². The van der Waals surface area contributed by atoms with Crippen molar-refractivity contribution in [1.29, 1.82) is 0 Å². The van der Waals surface area contributed by atoms with Crippen molar-refractivity contribution in [3.63, 3.8) is 0 Å². The number of benzene rings is 1. The molecule has 0 saturated heterocycles. The number of hydrogen-bond acceptors (Lipinski definition) is 2. The lowest BCUT2D eigenvalue weighted by Crippen LogP contribution is -2.26. The van der Waals surface area contributed by atoms with Gasteiger partial charge in [-0.1, -0.05) is 31.2 Å². The van der Waals surface area contributed by atoms with Crippen LogP contribution in [0.1, 0.15) is 31.4 Å². The molecule has 0 bridgehead atoms. The van der Waals surface area contributed by atoms with E-state index in [1.54, 1.807) is 0 Å². The van der Waals surface area contributed by atoms with Crippen LogP contribution in [0.25, 0.3) is 0 Å². The summed E-state index contributed by atoms with van der Waals surface area (Å²) < 4.78 is 0. The lowest BCUT2D eigenvalue weighted by Gasteiger charge is -2.14. The summed E-state index contributed by atoms with van der Waals surface area (Å²) in [5.74, 6) is 2.49. The van der Waals surface area contributed by atoms with Crippen molar-refractivity contribution in [2.75, 3.05) is 11.5 Å². The first-order chi connectivity index (χ1) is 7.74. The summed E-state index contributed by atoms with van der Waals surface area (Å²) in [5, 5.41) is 3.59. The summed E-state index contributed by atoms with van der Waals surface area (Å²) in [7, 11) is 0. The van der Waals surface area contributed by atoms with Crippen molar-refractivity contribution in [2.24, 2.45) is 0 Å². The average molecular weight is 237 g/mol. The van der Waals surface area contributed by atoms with Crippen LogP contribution < -0.4 is 5.32 Å². The monoisotopic (exact) mass is 237 g/mol. The van der Waals surface area contributed by atoms with Gasteiger partial charge < -0.3 is 5.32 Å². The Morgan fingerprint density at radius 2 is 2.06 bits per heavy atom. The summed E-state index contributed by atoms with van der Waals surface area (Å²) in [6.07, 6.45) is 1.25. The highest BCUT2D eigenvalue weighted by molar-refractivity contribution is 7.99. The molecule has 0 aromatic heterocycles. The lowest BCUT2D eigenvalue weighted by atomic mass is 10.1. The molecule has 1 nitrogen and oxygen atoms in total. The summed E-state index contributed by atoms with van der Waals surface area (Å²) in [6.45, 7) is 7.66. The number of aryl methyl sites for hydroxylation is 1. The van der Waals surface area contributed by atoms with E-state index in [9.17, 15) is 0 Å². The smallest absolute Gasteiger partial charge is 0.0210 e. The van der Waals surface area contributed by atoms with Crippen LogP contribution in [0, 0.1) is 6.92 Å². The third-order valence-electron chi connectivity index (χ3n) is 2.80. The Kier molecular flexibility index (Phi) is 6.58. The summed E-state index contributed by atoms with van der Waals surface area (Å²) in [6, 6.07) is 9.20. The van der Waals surface area contributed by atoms with Gasteiger partial charge in [-0.05, 0) is 42.9 Å². The number of hydrogen-bond donors (Lipinski definition) is 1. The molecule has 0 aliphatic carbocycles. The fraction of sp³-hybridized carbons (Fsp3) is 0.571. The van der Waals surface area contributed by atoms with Crippen LogP contribution in [-0.4, -0.2) is 17.5 Å². The molecular weight excluding hydrogens is 214 g/mol. The van der Waals surface area contributed by atoms with Gasteiger partial charge in [-0.25, -0.2) is 0 Å².